The number of amides is 1. The van der Waals surface area contributed by atoms with Gasteiger partial charge in [-0.15, -0.1) is 0 Å². The van der Waals surface area contributed by atoms with Gasteiger partial charge in [0.2, 0.25) is 5.13 Å². The second-order valence-electron chi connectivity index (χ2n) is 5.69. The molecule has 1 aliphatic heterocycles. The maximum Gasteiger partial charge on any atom is 0.409 e. The molecule has 1 amide bonds. The van der Waals surface area contributed by atoms with E-state index >= 15 is 0 Å². The van der Waals surface area contributed by atoms with Crippen molar-refractivity contribution in [1.82, 2.24) is 14.3 Å². The highest BCUT2D eigenvalue weighted by atomic mass is 32.1. The Morgan fingerprint density at radius 1 is 1.28 bits per heavy atom. The molecule has 0 unspecified atom stereocenters. The molecule has 0 bridgehead atoms. The fourth-order valence-electron chi connectivity index (χ4n) is 2.71. The van der Waals surface area contributed by atoms with Crippen molar-refractivity contribution < 1.29 is 14.3 Å². The van der Waals surface area contributed by atoms with Crippen LogP contribution in [0.15, 0.2) is 24.3 Å². The highest BCUT2D eigenvalue weighted by Gasteiger charge is 2.23. The summed E-state index contributed by atoms with van der Waals surface area (Å²) >= 11 is 1.40. The smallest absolute Gasteiger partial charge is 0.409 e. The summed E-state index contributed by atoms with van der Waals surface area (Å²) in [7, 11) is 1.66. The Morgan fingerprint density at radius 3 is 2.80 bits per heavy atom. The zero-order valence-electron chi connectivity index (χ0n) is 14.5. The van der Waals surface area contributed by atoms with Gasteiger partial charge >= 0.3 is 6.09 Å². The number of carbonyl (C=O) groups excluding carboxylic acids is 1. The molecule has 1 aromatic heterocycles. The third kappa shape index (κ3) is 4.39. The van der Waals surface area contributed by atoms with Gasteiger partial charge in [0.1, 0.15) is 11.6 Å². The molecule has 1 aliphatic rings. The van der Waals surface area contributed by atoms with Crippen LogP contribution in [0.5, 0.6) is 5.75 Å². The first-order valence-corrected chi connectivity index (χ1v) is 9.09. The van der Waals surface area contributed by atoms with Crippen LogP contribution in [-0.2, 0) is 11.2 Å². The molecule has 3 rings (SSSR count). The number of benzene rings is 1. The normalized spacial score (nSPS) is 14.5. The minimum Gasteiger partial charge on any atom is -0.497 e. The van der Waals surface area contributed by atoms with Crippen LogP contribution in [0.3, 0.4) is 0 Å². The first-order chi connectivity index (χ1) is 12.2. The van der Waals surface area contributed by atoms with Crippen LogP contribution in [0.1, 0.15) is 18.3 Å². The summed E-state index contributed by atoms with van der Waals surface area (Å²) in [6.45, 7) is 4.99. The molecule has 2 aromatic rings. The first kappa shape index (κ1) is 17.5. The second-order valence-corrected chi connectivity index (χ2v) is 6.42. The number of anilines is 1. The van der Waals surface area contributed by atoms with Crippen LogP contribution in [-0.4, -0.2) is 60.2 Å². The van der Waals surface area contributed by atoms with Crippen LogP contribution in [0, 0.1) is 0 Å². The van der Waals surface area contributed by atoms with Gasteiger partial charge in [-0.1, -0.05) is 12.1 Å². The van der Waals surface area contributed by atoms with Gasteiger partial charge in [-0.3, -0.25) is 0 Å². The summed E-state index contributed by atoms with van der Waals surface area (Å²) < 4.78 is 14.8. The number of nitrogens with zero attached hydrogens (tertiary/aromatic N) is 4. The first-order valence-electron chi connectivity index (χ1n) is 8.31. The molecule has 0 N–H and O–H groups in total. The lowest BCUT2D eigenvalue weighted by atomic mass is 10.1. The van der Waals surface area contributed by atoms with Gasteiger partial charge in [0.25, 0.3) is 0 Å². The van der Waals surface area contributed by atoms with E-state index in [2.05, 4.69) is 14.3 Å². The third-order valence-electron chi connectivity index (χ3n) is 4.03. The van der Waals surface area contributed by atoms with Gasteiger partial charge in [-0.05, 0) is 24.6 Å². The fourth-order valence-corrected chi connectivity index (χ4v) is 3.44. The number of rotatable bonds is 5. The standard InChI is InChI=1S/C17H22N4O3S/c1-3-24-17(22)21-9-7-20(8-10-21)16-18-15(19-25-16)12-13-5-4-6-14(11-13)23-2/h4-6,11H,3,7-10,12H2,1-2H3. The molecular weight excluding hydrogens is 340 g/mol. The summed E-state index contributed by atoms with van der Waals surface area (Å²) in [6, 6.07) is 7.93. The average Bonchev–Trinajstić information content (AvgIpc) is 3.10. The summed E-state index contributed by atoms with van der Waals surface area (Å²) in [5.74, 6) is 1.64. The number of ether oxygens (including phenoxy) is 2. The summed E-state index contributed by atoms with van der Waals surface area (Å²) in [5, 5.41) is 0.904. The van der Waals surface area contributed by atoms with Crippen LogP contribution in [0.2, 0.25) is 0 Å². The van der Waals surface area contributed by atoms with Gasteiger partial charge in [0.15, 0.2) is 0 Å². The Morgan fingerprint density at radius 2 is 2.08 bits per heavy atom. The van der Waals surface area contributed by atoms with E-state index in [4.69, 9.17) is 9.47 Å². The molecule has 1 saturated heterocycles. The zero-order chi connectivity index (χ0) is 17.6. The lowest BCUT2D eigenvalue weighted by molar-refractivity contribution is 0.105. The molecule has 0 saturated carbocycles. The Balaban J connectivity index is 1.58. The molecule has 25 heavy (non-hydrogen) atoms. The topological polar surface area (TPSA) is 67.8 Å². The highest BCUT2D eigenvalue weighted by Crippen LogP contribution is 2.21. The van der Waals surface area contributed by atoms with Crippen molar-refractivity contribution in [3.63, 3.8) is 0 Å². The molecule has 134 valence electrons. The molecule has 0 radical (unpaired) electrons. The van der Waals surface area contributed by atoms with Crippen LogP contribution in [0.25, 0.3) is 0 Å². The molecule has 7 nitrogen and oxygen atoms in total. The van der Waals surface area contributed by atoms with Crippen molar-refractivity contribution in [3.05, 3.63) is 35.7 Å². The zero-order valence-corrected chi connectivity index (χ0v) is 15.3. The molecular formula is C17H22N4O3S. The predicted molar refractivity (Wildman–Crippen MR) is 96.5 cm³/mol. The number of carbonyl (C=O) groups is 1. The Bertz CT molecular complexity index is 713. The van der Waals surface area contributed by atoms with Crippen molar-refractivity contribution in [1.29, 1.82) is 0 Å². The summed E-state index contributed by atoms with van der Waals surface area (Å²) in [6.07, 6.45) is 0.439. The monoisotopic (exact) mass is 362 g/mol. The van der Waals surface area contributed by atoms with E-state index in [9.17, 15) is 4.79 Å². The molecule has 2 heterocycles. The van der Waals surface area contributed by atoms with Crippen LogP contribution in [0.4, 0.5) is 9.93 Å². The Labute approximate surface area is 151 Å². The molecule has 1 aromatic carbocycles. The van der Waals surface area contributed by atoms with E-state index in [-0.39, 0.29) is 6.09 Å². The predicted octanol–water partition coefficient (Wildman–Crippen LogP) is 2.42. The SMILES string of the molecule is CCOC(=O)N1CCN(c2nc(Cc3cccc(OC)c3)ns2)CC1. The number of piperazine rings is 1. The minimum absolute atomic E-state index is 0.238. The number of hydrogen-bond acceptors (Lipinski definition) is 7. The van der Waals surface area contributed by atoms with Crippen molar-refractivity contribution in [3.8, 4) is 5.75 Å². The number of methoxy groups -OCH3 is 1. The van der Waals surface area contributed by atoms with Gasteiger partial charge < -0.3 is 19.3 Å². The van der Waals surface area contributed by atoms with Gasteiger partial charge in [0, 0.05) is 44.1 Å². The minimum atomic E-state index is -0.238. The maximum absolute atomic E-state index is 11.8. The van der Waals surface area contributed by atoms with E-state index in [1.807, 2.05) is 31.2 Å². The molecule has 1 fully saturated rings. The molecule has 0 aliphatic carbocycles. The maximum atomic E-state index is 11.8. The van der Waals surface area contributed by atoms with E-state index < -0.39 is 0 Å². The van der Waals surface area contributed by atoms with Crippen LogP contribution < -0.4 is 9.64 Å². The lowest BCUT2D eigenvalue weighted by Crippen LogP contribution is -2.49. The van der Waals surface area contributed by atoms with Crippen molar-refractivity contribution in [2.24, 2.45) is 0 Å². The van der Waals surface area contributed by atoms with E-state index in [1.54, 1.807) is 12.0 Å². The molecule has 0 spiro atoms. The summed E-state index contributed by atoms with van der Waals surface area (Å²) in [4.78, 5) is 20.3. The van der Waals surface area contributed by atoms with E-state index in [0.29, 0.717) is 26.1 Å². The lowest BCUT2D eigenvalue weighted by Gasteiger charge is -2.33. The Kier molecular flexibility index (Phi) is 5.70. The number of aromatic nitrogens is 2. The number of hydrogen-bond donors (Lipinski definition) is 0. The average molecular weight is 362 g/mol. The van der Waals surface area contributed by atoms with Gasteiger partial charge in [-0.25, -0.2) is 9.78 Å². The van der Waals surface area contributed by atoms with Gasteiger partial charge in [-0.2, -0.15) is 4.37 Å². The van der Waals surface area contributed by atoms with Crippen LogP contribution >= 0.6 is 11.5 Å². The quantitative estimate of drug-likeness (QED) is 0.814. The highest BCUT2D eigenvalue weighted by molar-refractivity contribution is 7.09. The van der Waals surface area contributed by atoms with Crippen molar-refractivity contribution >= 4 is 22.8 Å². The summed E-state index contributed by atoms with van der Waals surface area (Å²) in [5.41, 5.74) is 1.12. The van der Waals surface area contributed by atoms with Crippen molar-refractivity contribution in [2.75, 3.05) is 44.8 Å². The largest absolute Gasteiger partial charge is 0.497 e. The molecule has 8 heteroatoms. The fraction of sp³-hybridized carbons (Fsp3) is 0.471. The second kappa shape index (κ2) is 8.15. The Hall–Kier alpha value is -2.35. The van der Waals surface area contributed by atoms with Gasteiger partial charge in [0.05, 0.1) is 13.7 Å². The van der Waals surface area contributed by atoms with E-state index in [1.165, 1.54) is 11.5 Å². The van der Waals surface area contributed by atoms with E-state index in [0.717, 1.165) is 35.4 Å². The molecule has 0 atom stereocenters. The van der Waals surface area contributed by atoms with Crippen molar-refractivity contribution in [2.45, 2.75) is 13.3 Å². The third-order valence-corrected chi connectivity index (χ3v) is 4.84.